The molecule has 0 saturated heterocycles. The van der Waals surface area contributed by atoms with E-state index in [9.17, 15) is 9.90 Å². The molecule has 2 aromatic carbocycles. The number of phenolic OH excluding ortho intramolecular Hbond substituents is 1. The van der Waals surface area contributed by atoms with E-state index in [1.807, 2.05) is 12.1 Å². The van der Waals surface area contributed by atoms with Gasteiger partial charge in [-0.1, -0.05) is 11.8 Å². The van der Waals surface area contributed by atoms with Gasteiger partial charge in [0, 0.05) is 15.4 Å². The Kier molecular flexibility index (Phi) is 4.53. The summed E-state index contributed by atoms with van der Waals surface area (Å²) in [7, 11) is 1.52. The molecule has 0 saturated carbocycles. The minimum Gasteiger partial charge on any atom is -0.508 e. The lowest BCUT2D eigenvalue weighted by molar-refractivity contribution is -0.136. The van der Waals surface area contributed by atoms with E-state index in [0.717, 1.165) is 9.79 Å². The molecule has 0 bridgehead atoms. The molecule has 0 amide bonds. The molecule has 0 fully saturated rings. The lowest BCUT2D eigenvalue weighted by atomic mass is 10.1. The topological polar surface area (TPSA) is 66.8 Å². The summed E-state index contributed by atoms with van der Waals surface area (Å²) in [6.45, 7) is 0. The third-order valence-corrected chi connectivity index (χ3v) is 3.66. The van der Waals surface area contributed by atoms with Crippen LogP contribution >= 0.6 is 11.8 Å². The summed E-state index contributed by atoms with van der Waals surface area (Å²) in [6.07, 6.45) is -0.0762. The van der Waals surface area contributed by atoms with Crippen LogP contribution in [0.1, 0.15) is 5.56 Å². The Morgan fingerprint density at radius 3 is 2.40 bits per heavy atom. The maximum Gasteiger partial charge on any atom is 0.307 e. The van der Waals surface area contributed by atoms with Crippen LogP contribution < -0.4 is 4.74 Å². The van der Waals surface area contributed by atoms with Crippen molar-refractivity contribution in [3.05, 3.63) is 48.0 Å². The molecule has 2 N–H and O–H groups in total. The first kappa shape index (κ1) is 14.3. The van der Waals surface area contributed by atoms with E-state index in [1.54, 1.807) is 30.3 Å². The maximum absolute atomic E-state index is 10.9. The minimum absolute atomic E-state index is 0.0762. The molecule has 0 spiro atoms. The van der Waals surface area contributed by atoms with Gasteiger partial charge in [0.15, 0.2) is 0 Å². The van der Waals surface area contributed by atoms with Crippen molar-refractivity contribution in [3.8, 4) is 11.5 Å². The highest BCUT2D eigenvalue weighted by Gasteiger charge is 2.09. The monoisotopic (exact) mass is 290 g/mol. The molecule has 0 aliphatic carbocycles. The van der Waals surface area contributed by atoms with Crippen molar-refractivity contribution < 1.29 is 19.7 Å². The number of hydrogen-bond donors (Lipinski definition) is 2. The number of carbonyl (C=O) groups is 1. The van der Waals surface area contributed by atoms with Gasteiger partial charge in [0.25, 0.3) is 0 Å². The van der Waals surface area contributed by atoms with Crippen LogP contribution in [0.25, 0.3) is 0 Å². The highest BCUT2D eigenvalue weighted by Crippen LogP contribution is 2.32. The molecule has 0 aliphatic heterocycles. The van der Waals surface area contributed by atoms with Crippen LogP contribution in [0.4, 0.5) is 0 Å². The summed E-state index contributed by atoms with van der Waals surface area (Å²) in [5.74, 6) is -0.104. The zero-order valence-electron chi connectivity index (χ0n) is 10.9. The van der Waals surface area contributed by atoms with Crippen molar-refractivity contribution in [2.24, 2.45) is 0 Å². The van der Waals surface area contributed by atoms with Crippen LogP contribution in [0.2, 0.25) is 0 Å². The number of aliphatic carboxylic acids is 1. The Labute approximate surface area is 121 Å². The molecule has 0 aliphatic rings. The molecule has 5 heteroatoms. The van der Waals surface area contributed by atoms with Crippen molar-refractivity contribution in [3.63, 3.8) is 0 Å². The molecule has 0 heterocycles. The largest absolute Gasteiger partial charge is 0.508 e. The van der Waals surface area contributed by atoms with Crippen molar-refractivity contribution in [2.45, 2.75) is 16.2 Å². The smallest absolute Gasteiger partial charge is 0.307 e. The van der Waals surface area contributed by atoms with Gasteiger partial charge in [0.2, 0.25) is 0 Å². The molecule has 0 radical (unpaired) electrons. The Balaban J connectivity index is 2.23. The number of methoxy groups -OCH3 is 1. The fourth-order valence-electron chi connectivity index (χ4n) is 1.77. The summed E-state index contributed by atoms with van der Waals surface area (Å²) in [6, 6.07) is 12.3. The Bertz CT molecular complexity index is 608. The number of rotatable bonds is 5. The summed E-state index contributed by atoms with van der Waals surface area (Å²) >= 11 is 1.50. The molecule has 0 atom stereocenters. The van der Waals surface area contributed by atoms with E-state index in [-0.39, 0.29) is 12.2 Å². The molecule has 2 rings (SSSR count). The second-order valence-corrected chi connectivity index (χ2v) is 5.29. The number of carboxylic acids is 1. The Morgan fingerprint density at radius 1 is 1.15 bits per heavy atom. The van der Waals surface area contributed by atoms with Gasteiger partial charge >= 0.3 is 5.97 Å². The molecule has 0 unspecified atom stereocenters. The van der Waals surface area contributed by atoms with Crippen molar-refractivity contribution >= 4 is 17.7 Å². The molecule has 20 heavy (non-hydrogen) atoms. The first-order chi connectivity index (χ1) is 9.58. The number of aromatic hydroxyl groups is 1. The van der Waals surface area contributed by atoms with Crippen molar-refractivity contribution in [1.82, 2.24) is 0 Å². The number of hydrogen-bond acceptors (Lipinski definition) is 4. The molecule has 0 aromatic heterocycles. The van der Waals surface area contributed by atoms with Gasteiger partial charge < -0.3 is 14.9 Å². The summed E-state index contributed by atoms with van der Waals surface area (Å²) in [5.41, 5.74) is 0.642. The summed E-state index contributed by atoms with van der Waals surface area (Å²) in [4.78, 5) is 12.7. The van der Waals surface area contributed by atoms with Gasteiger partial charge in [0.05, 0.1) is 13.5 Å². The average Bonchev–Trinajstić information content (AvgIpc) is 2.41. The van der Waals surface area contributed by atoms with Crippen molar-refractivity contribution in [1.29, 1.82) is 0 Å². The van der Waals surface area contributed by atoms with Crippen LogP contribution in [0.15, 0.2) is 52.3 Å². The number of phenols is 1. The van der Waals surface area contributed by atoms with Gasteiger partial charge in [-0.05, 0) is 42.5 Å². The number of carboxylic acid groups (broad SMARTS) is 1. The van der Waals surface area contributed by atoms with Crippen molar-refractivity contribution in [2.75, 3.05) is 7.11 Å². The van der Waals surface area contributed by atoms with Gasteiger partial charge in [-0.25, -0.2) is 0 Å². The van der Waals surface area contributed by atoms with Gasteiger partial charge in [-0.2, -0.15) is 0 Å². The average molecular weight is 290 g/mol. The van der Waals surface area contributed by atoms with Crippen LogP contribution in [-0.2, 0) is 11.2 Å². The second-order valence-electron chi connectivity index (χ2n) is 4.14. The zero-order chi connectivity index (χ0) is 14.5. The molecule has 2 aromatic rings. The first-order valence-electron chi connectivity index (χ1n) is 5.94. The molecule has 4 nitrogen and oxygen atoms in total. The first-order valence-corrected chi connectivity index (χ1v) is 6.75. The SMILES string of the molecule is COc1ccc(Sc2ccc(O)cc2)cc1CC(=O)O. The van der Waals surface area contributed by atoms with E-state index in [4.69, 9.17) is 9.84 Å². The van der Waals surface area contributed by atoms with E-state index in [1.165, 1.54) is 18.9 Å². The number of benzene rings is 2. The van der Waals surface area contributed by atoms with Crippen LogP contribution in [0.5, 0.6) is 11.5 Å². The second kappa shape index (κ2) is 6.34. The minimum atomic E-state index is -0.893. The predicted octanol–water partition coefficient (Wildman–Crippen LogP) is 3.18. The fraction of sp³-hybridized carbons (Fsp3) is 0.133. The molecular weight excluding hydrogens is 276 g/mol. The van der Waals surface area contributed by atoms with Crippen LogP contribution in [0.3, 0.4) is 0 Å². The van der Waals surface area contributed by atoms with E-state index < -0.39 is 5.97 Å². The van der Waals surface area contributed by atoms with E-state index in [0.29, 0.717) is 11.3 Å². The number of ether oxygens (including phenoxy) is 1. The third kappa shape index (κ3) is 3.68. The predicted molar refractivity (Wildman–Crippen MR) is 76.6 cm³/mol. The van der Waals surface area contributed by atoms with E-state index in [2.05, 4.69) is 0 Å². The third-order valence-electron chi connectivity index (χ3n) is 2.67. The normalized spacial score (nSPS) is 10.2. The maximum atomic E-state index is 10.9. The fourth-order valence-corrected chi connectivity index (χ4v) is 2.65. The molecular formula is C15H14O4S. The Morgan fingerprint density at radius 2 is 1.80 bits per heavy atom. The van der Waals surface area contributed by atoms with Crippen LogP contribution in [-0.4, -0.2) is 23.3 Å². The van der Waals surface area contributed by atoms with E-state index >= 15 is 0 Å². The standard InChI is InChI=1S/C15H14O4S/c1-19-14-7-6-13(8-10(14)9-15(17)18)20-12-4-2-11(16)3-5-12/h2-8,16H,9H2,1H3,(H,17,18). The van der Waals surface area contributed by atoms with Gasteiger partial charge in [-0.3, -0.25) is 4.79 Å². The quantitative estimate of drug-likeness (QED) is 0.885. The van der Waals surface area contributed by atoms with Gasteiger partial charge in [-0.15, -0.1) is 0 Å². The Hall–Kier alpha value is -2.14. The van der Waals surface area contributed by atoms with Crippen LogP contribution in [0, 0.1) is 0 Å². The molecule has 104 valence electrons. The van der Waals surface area contributed by atoms with Gasteiger partial charge in [0.1, 0.15) is 11.5 Å². The highest BCUT2D eigenvalue weighted by molar-refractivity contribution is 7.99. The lowest BCUT2D eigenvalue weighted by Crippen LogP contribution is -2.02. The summed E-state index contributed by atoms with van der Waals surface area (Å²) in [5, 5.41) is 18.2. The lowest BCUT2D eigenvalue weighted by Gasteiger charge is -2.09. The highest BCUT2D eigenvalue weighted by atomic mass is 32.2. The zero-order valence-corrected chi connectivity index (χ0v) is 11.7. The summed E-state index contributed by atoms with van der Waals surface area (Å²) < 4.78 is 5.16.